The highest BCUT2D eigenvalue weighted by molar-refractivity contribution is 14.1. The van der Waals surface area contributed by atoms with Gasteiger partial charge in [0.15, 0.2) is 8.32 Å². The van der Waals surface area contributed by atoms with Gasteiger partial charge in [-0.25, -0.2) is 0 Å². The number of rotatable bonds is 8. The summed E-state index contributed by atoms with van der Waals surface area (Å²) in [6.45, 7) is 20.8. The first-order valence-corrected chi connectivity index (χ1v) is 12.7. The summed E-state index contributed by atoms with van der Waals surface area (Å²) in [6.07, 6.45) is 5.16. The molecule has 0 bridgehead atoms. The number of hydrogen-bond acceptors (Lipinski definition) is 1. The fraction of sp³-hybridized carbons (Fsp3) is 0.889. The van der Waals surface area contributed by atoms with Crippen molar-refractivity contribution < 1.29 is 4.43 Å². The minimum absolute atomic E-state index is 0.288. The predicted molar refractivity (Wildman–Crippen MR) is 108 cm³/mol. The van der Waals surface area contributed by atoms with E-state index in [4.69, 9.17) is 4.43 Å². The van der Waals surface area contributed by atoms with Crippen LogP contribution in [0.3, 0.4) is 0 Å². The molecule has 0 heterocycles. The summed E-state index contributed by atoms with van der Waals surface area (Å²) in [4.78, 5) is 0. The first kappa shape index (κ1) is 21.6. The number of halogens is 1. The first-order chi connectivity index (χ1) is 9.42. The maximum Gasteiger partial charge on any atom is 0.192 e. The van der Waals surface area contributed by atoms with Crippen molar-refractivity contribution in [2.24, 2.45) is 11.8 Å². The van der Waals surface area contributed by atoms with E-state index in [1.165, 1.54) is 22.8 Å². The fourth-order valence-electron chi connectivity index (χ4n) is 2.20. The van der Waals surface area contributed by atoms with Crippen LogP contribution in [0.15, 0.2) is 11.6 Å². The molecule has 0 aromatic carbocycles. The van der Waals surface area contributed by atoms with Crippen molar-refractivity contribution in [2.75, 3.05) is 4.43 Å². The lowest BCUT2D eigenvalue weighted by atomic mass is 9.91. The molecule has 0 radical (unpaired) electrons. The largest absolute Gasteiger partial charge is 0.413 e. The van der Waals surface area contributed by atoms with E-state index in [9.17, 15) is 0 Å². The van der Waals surface area contributed by atoms with Crippen LogP contribution in [0.5, 0.6) is 0 Å². The van der Waals surface area contributed by atoms with Gasteiger partial charge in [-0.3, -0.25) is 0 Å². The second kappa shape index (κ2) is 9.07. The number of hydrogen-bond donors (Lipinski definition) is 0. The molecule has 0 aromatic heterocycles. The van der Waals surface area contributed by atoms with Crippen LogP contribution in [0.4, 0.5) is 0 Å². The lowest BCUT2D eigenvalue weighted by Gasteiger charge is -2.42. The lowest BCUT2D eigenvalue weighted by Crippen LogP contribution is -2.47. The molecule has 126 valence electrons. The van der Waals surface area contributed by atoms with Gasteiger partial charge in [0, 0.05) is 4.43 Å². The van der Waals surface area contributed by atoms with Gasteiger partial charge in [0.2, 0.25) is 0 Å². The highest BCUT2D eigenvalue weighted by Crippen LogP contribution is 2.39. The van der Waals surface area contributed by atoms with E-state index in [1.807, 2.05) is 0 Å². The predicted octanol–water partition coefficient (Wildman–Crippen LogP) is 6.83. The quantitative estimate of drug-likeness (QED) is 0.180. The Labute approximate surface area is 148 Å². The molecule has 0 aliphatic heterocycles. The second-order valence-corrected chi connectivity index (χ2v) is 13.9. The molecule has 0 saturated heterocycles. The molecule has 0 saturated carbocycles. The zero-order valence-electron chi connectivity index (χ0n) is 15.7. The minimum atomic E-state index is -1.69. The molecule has 0 aliphatic carbocycles. The molecule has 0 aliphatic rings. The standard InChI is InChI=1S/C18H37IOSi/c1-14(2)11-10-12-15(3)17(16(4)13-19)20-21(8,9)18(5,6)7/h11,15-17H,10,12-13H2,1-9H3/t15-,16+,17+/m1/s1. The number of allylic oxidation sites excluding steroid dienone is 2. The summed E-state index contributed by atoms with van der Waals surface area (Å²) in [6, 6.07) is 0. The van der Waals surface area contributed by atoms with Crippen molar-refractivity contribution in [3.63, 3.8) is 0 Å². The Morgan fingerprint density at radius 3 is 2.05 bits per heavy atom. The van der Waals surface area contributed by atoms with E-state index >= 15 is 0 Å². The molecule has 21 heavy (non-hydrogen) atoms. The van der Waals surface area contributed by atoms with Crippen LogP contribution in [-0.2, 0) is 4.43 Å². The SMILES string of the molecule is CC(C)=CCC[C@@H](C)[C@H](O[Si](C)(C)C(C)(C)C)[C@@H](C)CI. The van der Waals surface area contributed by atoms with E-state index in [-0.39, 0.29) is 5.04 Å². The average molecular weight is 424 g/mol. The Bertz CT molecular complexity index is 327. The van der Waals surface area contributed by atoms with Crippen LogP contribution >= 0.6 is 22.6 Å². The Kier molecular flexibility index (Phi) is 9.35. The van der Waals surface area contributed by atoms with Crippen LogP contribution in [0.2, 0.25) is 18.1 Å². The van der Waals surface area contributed by atoms with Gasteiger partial charge >= 0.3 is 0 Å². The van der Waals surface area contributed by atoms with Gasteiger partial charge in [-0.1, -0.05) is 68.9 Å². The summed E-state index contributed by atoms with van der Waals surface area (Å²) in [5.41, 5.74) is 1.42. The van der Waals surface area contributed by atoms with Crippen LogP contribution in [0.25, 0.3) is 0 Å². The highest BCUT2D eigenvalue weighted by atomic mass is 127. The van der Waals surface area contributed by atoms with Gasteiger partial charge in [0.05, 0.1) is 6.10 Å². The summed E-state index contributed by atoms with van der Waals surface area (Å²) < 4.78 is 7.96. The zero-order chi connectivity index (χ0) is 16.8. The van der Waals surface area contributed by atoms with Gasteiger partial charge in [0.25, 0.3) is 0 Å². The van der Waals surface area contributed by atoms with E-state index in [1.54, 1.807) is 0 Å². The van der Waals surface area contributed by atoms with E-state index in [0.29, 0.717) is 17.9 Å². The third-order valence-corrected chi connectivity index (χ3v) is 10.6. The monoisotopic (exact) mass is 424 g/mol. The summed E-state index contributed by atoms with van der Waals surface area (Å²) in [7, 11) is -1.69. The fourth-order valence-corrected chi connectivity index (χ4v) is 4.20. The number of alkyl halides is 1. The van der Waals surface area contributed by atoms with E-state index in [2.05, 4.69) is 90.2 Å². The summed E-state index contributed by atoms with van der Waals surface area (Å²) in [5, 5.41) is 0.288. The van der Waals surface area contributed by atoms with Crippen molar-refractivity contribution in [2.45, 2.75) is 85.5 Å². The molecule has 3 heteroatoms. The molecule has 3 atom stereocenters. The van der Waals surface area contributed by atoms with Crippen molar-refractivity contribution >= 4 is 30.9 Å². The Morgan fingerprint density at radius 2 is 1.67 bits per heavy atom. The van der Waals surface area contributed by atoms with Gasteiger partial charge in [0.1, 0.15) is 0 Å². The van der Waals surface area contributed by atoms with Crippen molar-refractivity contribution in [1.82, 2.24) is 0 Å². The maximum atomic E-state index is 6.79. The lowest BCUT2D eigenvalue weighted by molar-refractivity contribution is 0.0815. The summed E-state index contributed by atoms with van der Waals surface area (Å²) >= 11 is 2.51. The van der Waals surface area contributed by atoms with Gasteiger partial charge in [-0.15, -0.1) is 0 Å². The molecule has 0 rings (SSSR count). The Hall–Kier alpha value is 0.647. The Balaban J connectivity index is 4.92. The third kappa shape index (κ3) is 7.64. The molecular formula is C18H37IOSi. The summed E-state index contributed by atoms with van der Waals surface area (Å²) in [5.74, 6) is 1.25. The average Bonchev–Trinajstić information content (AvgIpc) is 2.33. The van der Waals surface area contributed by atoms with Gasteiger partial charge in [-0.2, -0.15) is 0 Å². The van der Waals surface area contributed by atoms with Crippen molar-refractivity contribution in [3.05, 3.63) is 11.6 Å². The van der Waals surface area contributed by atoms with Gasteiger partial charge in [-0.05, 0) is 56.7 Å². The Morgan fingerprint density at radius 1 is 1.14 bits per heavy atom. The first-order valence-electron chi connectivity index (χ1n) is 8.29. The molecule has 0 spiro atoms. The topological polar surface area (TPSA) is 9.23 Å². The van der Waals surface area contributed by atoms with Crippen LogP contribution in [0.1, 0.15) is 61.3 Å². The molecular weight excluding hydrogens is 387 g/mol. The molecule has 0 unspecified atom stereocenters. The molecule has 1 nitrogen and oxygen atoms in total. The minimum Gasteiger partial charge on any atom is -0.413 e. The van der Waals surface area contributed by atoms with E-state index in [0.717, 1.165) is 0 Å². The van der Waals surface area contributed by atoms with Gasteiger partial charge < -0.3 is 4.43 Å². The van der Waals surface area contributed by atoms with E-state index < -0.39 is 8.32 Å². The van der Waals surface area contributed by atoms with Crippen LogP contribution in [-0.4, -0.2) is 18.8 Å². The highest BCUT2D eigenvalue weighted by Gasteiger charge is 2.41. The normalized spacial score (nSPS) is 17.2. The molecule has 0 fully saturated rings. The molecule has 0 amide bonds. The zero-order valence-corrected chi connectivity index (χ0v) is 18.9. The van der Waals surface area contributed by atoms with Crippen molar-refractivity contribution in [3.8, 4) is 0 Å². The van der Waals surface area contributed by atoms with Crippen LogP contribution in [0, 0.1) is 11.8 Å². The molecule has 0 aromatic rings. The third-order valence-electron chi connectivity index (χ3n) is 4.78. The van der Waals surface area contributed by atoms with Crippen LogP contribution < -0.4 is 0 Å². The maximum absolute atomic E-state index is 6.79. The van der Waals surface area contributed by atoms with Crippen molar-refractivity contribution in [1.29, 1.82) is 0 Å². The smallest absolute Gasteiger partial charge is 0.192 e. The second-order valence-electron chi connectivity index (χ2n) is 8.31. The molecule has 0 N–H and O–H groups in total.